The number of carbonyl (C=O) groups is 2. The van der Waals surface area contributed by atoms with Gasteiger partial charge in [0, 0.05) is 17.7 Å². The van der Waals surface area contributed by atoms with Crippen molar-refractivity contribution >= 4 is 23.3 Å². The molecule has 3 aromatic rings. The molecule has 3 N–H and O–H groups in total. The highest BCUT2D eigenvalue weighted by Gasteiger charge is 2.24. The Morgan fingerprint density at radius 2 is 2.08 bits per heavy atom. The average molecular weight is 342 g/mol. The lowest BCUT2D eigenvalue weighted by molar-refractivity contribution is -0.384. The van der Waals surface area contributed by atoms with E-state index in [4.69, 9.17) is 4.42 Å². The molecule has 0 aliphatic carbocycles. The molecule has 1 aromatic carbocycles. The minimum Gasteiger partial charge on any atom is -0.476 e. The number of carboxylic acids is 1. The fourth-order valence-electron chi connectivity index (χ4n) is 2.16. The van der Waals surface area contributed by atoms with Gasteiger partial charge in [-0.05, 0) is 18.2 Å². The summed E-state index contributed by atoms with van der Waals surface area (Å²) in [6.07, 6.45) is 1.38. The van der Waals surface area contributed by atoms with Crippen LogP contribution in [0.25, 0.3) is 11.5 Å². The molecule has 0 spiro atoms. The topological polar surface area (TPSA) is 151 Å². The summed E-state index contributed by atoms with van der Waals surface area (Å²) in [6.45, 7) is 0. The maximum absolute atomic E-state index is 12.4. The Morgan fingerprint density at radius 1 is 1.28 bits per heavy atom. The maximum Gasteiger partial charge on any atom is 0.358 e. The number of H-pyrrole nitrogens is 1. The number of rotatable bonds is 5. The van der Waals surface area contributed by atoms with Gasteiger partial charge in [-0.2, -0.15) is 5.10 Å². The molecule has 0 saturated carbocycles. The van der Waals surface area contributed by atoms with Crippen LogP contribution in [-0.4, -0.2) is 32.1 Å². The van der Waals surface area contributed by atoms with Crippen LogP contribution in [0, 0.1) is 10.1 Å². The number of nitro benzene ring substituents is 1. The van der Waals surface area contributed by atoms with E-state index in [0.29, 0.717) is 0 Å². The summed E-state index contributed by atoms with van der Waals surface area (Å²) in [4.78, 5) is 33.9. The number of nitro groups is 1. The van der Waals surface area contributed by atoms with E-state index in [0.717, 1.165) is 6.07 Å². The minimum absolute atomic E-state index is 0.00265. The Labute approximate surface area is 139 Å². The van der Waals surface area contributed by atoms with Crippen LogP contribution in [0.2, 0.25) is 0 Å². The number of aromatic carboxylic acids is 1. The van der Waals surface area contributed by atoms with Gasteiger partial charge in [-0.15, -0.1) is 0 Å². The fraction of sp³-hybridized carbons (Fsp3) is 0. The smallest absolute Gasteiger partial charge is 0.358 e. The van der Waals surface area contributed by atoms with Gasteiger partial charge in [-0.1, -0.05) is 6.07 Å². The zero-order chi connectivity index (χ0) is 18.0. The molecule has 10 heteroatoms. The van der Waals surface area contributed by atoms with E-state index in [-0.39, 0.29) is 28.4 Å². The lowest BCUT2D eigenvalue weighted by atomic mass is 10.1. The monoisotopic (exact) mass is 342 g/mol. The van der Waals surface area contributed by atoms with Crippen LogP contribution >= 0.6 is 0 Å². The number of aromatic nitrogens is 2. The Kier molecular flexibility index (Phi) is 4.00. The molecule has 0 bridgehead atoms. The van der Waals surface area contributed by atoms with Crippen molar-refractivity contribution < 1.29 is 24.0 Å². The number of carbonyl (C=O) groups excluding carboxylic acids is 1. The van der Waals surface area contributed by atoms with E-state index in [1.54, 1.807) is 12.1 Å². The molecule has 0 unspecified atom stereocenters. The predicted molar refractivity (Wildman–Crippen MR) is 84.3 cm³/mol. The Hall–Kier alpha value is -3.95. The summed E-state index contributed by atoms with van der Waals surface area (Å²) < 4.78 is 5.19. The predicted octanol–water partition coefficient (Wildman–Crippen LogP) is 2.53. The van der Waals surface area contributed by atoms with Gasteiger partial charge in [-0.25, -0.2) is 4.79 Å². The van der Waals surface area contributed by atoms with Gasteiger partial charge in [-0.3, -0.25) is 20.0 Å². The average Bonchev–Trinajstić information content (AvgIpc) is 3.24. The summed E-state index contributed by atoms with van der Waals surface area (Å²) in [7, 11) is 0. The highest BCUT2D eigenvalue weighted by Crippen LogP contribution is 2.29. The highest BCUT2D eigenvalue weighted by molar-refractivity contribution is 6.09. The Bertz CT molecular complexity index is 960. The lowest BCUT2D eigenvalue weighted by Gasteiger charge is -2.06. The quantitative estimate of drug-likeness (QED) is 0.476. The number of aromatic amines is 1. The van der Waals surface area contributed by atoms with Crippen molar-refractivity contribution in [2.45, 2.75) is 0 Å². The fourth-order valence-corrected chi connectivity index (χ4v) is 2.16. The summed E-state index contributed by atoms with van der Waals surface area (Å²) in [5.74, 6) is -1.81. The Morgan fingerprint density at radius 3 is 2.72 bits per heavy atom. The molecule has 0 fully saturated rings. The molecule has 0 saturated heterocycles. The number of carboxylic acid groups (broad SMARTS) is 1. The first-order valence-corrected chi connectivity index (χ1v) is 6.88. The van der Waals surface area contributed by atoms with Gasteiger partial charge < -0.3 is 14.8 Å². The zero-order valence-corrected chi connectivity index (χ0v) is 12.4. The normalized spacial score (nSPS) is 10.4. The van der Waals surface area contributed by atoms with Crippen LogP contribution in [0.4, 0.5) is 11.4 Å². The van der Waals surface area contributed by atoms with E-state index in [1.807, 2.05) is 0 Å². The second-order valence-corrected chi connectivity index (χ2v) is 4.87. The number of hydrogen-bond donors (Lipinski definition) is 3. The first kappa shape index (κ1) is 15.9. The summed E-state index contributed by atoms with van der Waals surface area (Å²) in [5.41, 5.74) is -0.605. The SMILES string of the molecule is O=C(Nc1c(C(=O)O)n[nH]c1-c1ccco1)c1cccc([N+](=O)[O-])c1. The van der Waals surface area contributed by atoms with E-state index >= 15 is 0 Å². The van der Waals surface area contributed by atoms with Crippen molar-refractivity contribution in [3.8, 4) is 11.5 Å². The lowest BCUT2D eigenvalue weighted by Crippen LogP contribution is -2.15. The molecule has 2 heterocycles. The van der Waals surface area contributed by atoms with Crippen LogP contribution in [0.3, 0.4) is 0 Å². The van der Waals surface area contributed by atoms with Gasteiger partial charge in [0.2, 0.25) is 0 Å². The molecule has 0 radical (unpaired) electrons. The number of amides is 1. The number of nitrogens with zero attached hydrogens (tertiary/aromatic N) is 2. The molecule has 126 valence electrons. The second-order valence-electron chi connectivity index (χ2n) is 4.87. The minimum atomic E-state index is -1.36. The van der Waals surface area contributed by atoms with Crippen molar-refractivity contribution in [3.63, 3.8) is 0 Å². The number of hydrogen-bond acceptors (Lipinski definition) is 6. The van der Waals surface area contributed by atoms with E-state index < -0.39 is 22.5 Å². The van der Waals surface area contributed by atoms with Gasteiger partial charge >= 0.3 is 5.97 Å². The summed E-state index contributed by atoms with van der Waals surface area (Å²) in [5, 5.41) is 28.6. The van der Waals surface area contributed by atoms with E-state index in [1.165, 1.54) is 24.5 Å². The van der Waals surface area contributed by atoms with Crippen LogP contribution < -0.4 is 5.32 Å². The summed E-state index contributed by atoms with van der Waals surface area (Å²) in [6, 6.07) is 8.20. The highest BCUT2D eigenvalue weighted by atomic mass is 16.6. The van der Waals surface area contributed by atoms with E-state index in [2.05, 4.69) is 15.5 Å². The van der Waals surface area contributed by atoms with Gasteiger partial charge in [0.15, 0.2) is 11.5 Å². The zero-order valence-electron chi connectivity index (χ0n) is 12.4. The molecule has 0 atom stereocenters. The molecule has 2 aromatic heterocycles. The molecule has 0 aliphatic heterocycles. The number of non-ortho nitro benzene ring substituents is 1. The van der Waals surface area contributed by atoms with Crippen LogP contribution in [0.1, 0.15) is 20.8 Å². The third kappa shape index (κ3) is 3.08. The van der Waals surface area contributed by atoms with Crippen molar-refractivity contribution in [2.75, 3.05) is 5.32 Å². The van der Waals surface area contributed by atoms with Crippen molar-refractivity contribution in [2.24, 2.45) is 0 Å². The van der Waals surface area contributed by atoms with Gasteiger partial charge in [0.25, 0.3) is 11.6 Å². The molecule has 25 heavy (non-hydrogen) atoms. The summed E-state index contributed by atoms with van der Waals surface area (Å²) >= 11 is 0. The molecule has 0 aliphatic rings. The third-order valence-electron chi connectivity index (χ3n) is 3.29. The van der Waals surface area contributed by atoms with Crippen molar-refractivity contribution in [1.82, 2.24) is 10.2 Å². The third-order valence-corrected chi connectivity index (χ3v) is 3.29. The number of anilines is 1. The van der Waals surface area contributed by atoms with Crippen LogP contribution in [0.5, 0.6) is 0 Å². The molecule has 1 amide bonds. The number of furan rings is 1. The Balaban J connectivity index is 1.98. The standard InChI is InChI=1S/C15H10N4O6/c20-14(8-3-1-4-9(7-8)19(23)24)16-12-11(10-5-2-6-25-10)17-18-13(12)15(21)22/h1-7H,(H,16,20)(H,17,18)(H,21,22). The maximum atomic E-state index is 12.4. The van der Waals surface area contributed by atoms with Crippen molar-refractivity contribution in [1.29, 1.82) is 0 Å². The first-order chi connectivity index (χ1) is 12.0. The molecule has 10 nitrogen and oxygen atoms in total. The first-order valence-electron chi connectivity index (χ1n) is 6.88. The van der Waals surface area contributed by atoms with Crippen LogP contribution in [0.15, 0.2) is 47.1 Å². The second kappa shape index (κ2) is 6.28. The molecular weight excluding hydrogens is 332 g/mol. The molecule has 3 rings (SSSR count). The van der Waals surface area contributed by atoms with Crippen molar-refractivity contribution in [3.05, 3.63) is 64.0 Å². The van der Waals surface area contributed by atoms with Gasteiger partial charge in [0.1, 0.15) is 11.4 Å². The number of nitrogens with one attached hydrogen (secondary N) is 2. The largest absolute Gasteiger partial charge is 0.476 e. The van der Waals surface area contributed by atoms with Gasteiger partial charge in [0.05, 0.1) is 11.2 Å². The van der Waals surface area contributed by atoms with E-state index in [9.17, 15) is 24.8 Å². The van der Waals surface area contributed by atoms with Crippen LogP contribution in [-0.2, 0) is 0 Å². The number of benzene rings is 1. The molecular formula is C15H10N4O6.